The number of nitrogens with one attached hydrogen (secondary N) is 2. The zero-order valence-corrected chi connectivity index (χ0v) is 4.81. The smallest absolute Gasteiger partial charge is 0.347 e. The average molecular weight is 146 g/mol. The molecule has 0 saturated heterocycles. The Bertz CT molecular complexity index is 361. The first-order valence-corrected chi connectivity index (χ1v) is 2.42. The van der Waals surface area contributed by atoms with Crippen LogP contribution in [0.5, 0.6) is 0 Å². The number of anilines is 1. The molecule has 5 heteroatoms. The molecule has 1 aromatic rings. The van der Waals surface area contributed by atoms with Crippen molar-refractivity contribution in [2.45, 2.75) is 0 Å². The summed E-state index contributed by atoms with van der Waals surface area (Å²) in [6.07, 6.45) is 0.739. The zero-order chi connectivity index (χ0) is 10.1. The molecule has 54 valence electrons. The van der Waals surface area contributed by atoms with E-state index in [0.29, 0.717) is 0 Å². The van der Waals surface area contributed by atoms with Gasteiger partial charge in [-0.15, -0.1) is 0 Å². The Labute approximate surface area is 60.3 Å². The first-order chi connectivity index (χ1) is 5.88. The first kappa shape index (κ1) is 3.70. The fourth-order valence-corrected chi connectivity index (χ4v) is 0.468. The zero-order valence-electron chi connectivity index (χ0n) is 7.81. The van der Waals surface area contributed by atoms with E-state index < -0.39 is 24.3 Å². The quantitative estimate of drug-likeness (QED) is 0.584. The normalized spacial score (nSPS) is 15.1. The highest BCUT2D eigenvalue weighted by Gasteiger charge is 1.99. The van der Waals surface area contributed by atoms with Gasteiger partial charge in [0.05, 0.1) is 0 Å². The Morgan fingerprint density at radius 1 is 2.00 bits per heavy atom. The van der Waals surface area contributed by atoms with E-state index in [2.05, 4.69) is 4.98 Å². The van der Waals surface area contributed by atoms with Crippen LogP contribution < -0.4 is 11.0 Å². The Morgan fingerprint density at radius 2 is 2.80 bits per heavy atom. The average Bonchev–Trinajstić information content (AvgIpc) is 1.94. The molecule has 1 heterocycles. The molecule has 0 aliphatic rings. The molecule has 0 aromatic carbocycles. The molecule has 0 fully saturated rings. The molecule has 4 nitrogen and oxygen atoms in total. The third-order valence-electron chi connectivity index (χ3n) is 0.880. The Kier molecular flexibility index (Phi) is 0.912. The van der Waals surface area contributed by atoms with Gasteiger partial charge in [0.25, 0.3) is 0 Å². The topological polar surface area (TPSA) is 57.8 Å². The van der Waals surface area contributed by atoms with E-state index in [-0.39, 0.29) is 0 Å². The lowest BCUT2D eigenvalue weighted by Crippen LogP contribution is -2.13. The third-order valence-corrected chi connectivity index (χ3v) is 0.880. The lowest BCUT2D eigenvalue weighted by molar-refractivity contribution is 0.615. The van der Waals surface area contributed by atoms with E-state index in [0.717, 1.165) is 6.20 Å². The summed E-state index contributed by atoms with van der Waals surface area (Å²) in [5.41, 5.74) is -0.812. The minimum atomic E-state index is -2.57. The number of aromatic nitrogens is 2. The molecule has 0 unspecified atom stereocenters. The van der Waals surface area contributed by atoms with E-state index in [4.69, 9.17) is 4.11 Å². The predicted molar refractivity (Wildman–Crippen MR) is 34.4 cm³/mol. The highest BCUT2D eigenvalue weighted by molar-refractivity contribution is 5.32. The molecule has 2 N–H and O–H groups in total. The Balaban J connectivity index is 3.01. The van der Waals surface area contributed by atoms with Crippen molar-refractivity contribution in [2.24, 2.45) is 0 Å². The molecular weight excluding hydrogens is 137 g/mol. The van der Waals surface area contributed by atoms with Crippen LogP contribution in [0.3, 0.4) is 0 Å². The lowest BCUT2D eigenvalue weighted by Gasteiger charge is -1.96. The number of rotatable bonds is 1. The summed E-state index contributed by atoms with van der Waals surface area (Å²) in [6.45, 7) is -2.57. The van der Waals surface area contributed by atoms with Crippen LogP contribution in [0.2, 0.25) is 0 Å². The molecule has 0 radical (unpaired) electrons. The SMILES string of the molecule is [2H]C([2H])([2H])Nc1nc(=O)[nH]cc1F. The van der Waals surface area contributed by atoms with Crippen molar-refractivity contribution in [3.05, 3.63) is 22.5 Å². The van der Waals surface area contributed by atoms with Gasteiger partial charge in [-0.3, -0.25) is 0 Å². The Hall–Kier alpha value is -1.39. The van der Waals surface area contributed by atoms with Crippen molar-refractivity contribution in [2.75, 3.05) is 12.3 Å². The van der Waals surface area contributed by atoms with Crippen LogP contribution in [0.15, 0.2) is 11.0 Å². The van der Waals surface area contributed by atoms with Gasteiger partial charge in [-0.25, -0.2) is 9.18 Å². The maximum atomic E-state index is 12.8. The molecule has 0 amide bonds. The second-order valence-electron chi connectivity index (χ2n) is 1.53. The van der Waals surface area contributed by atoms with Crippen LogP contribution in [-0.4, -0.2) is 16.9 Å². The molecule has 0 bridgehead atoms. The summed E-state index contributed by atoms with van der Waals surface area (Å²) in [5.74, 6) is -1.50. The third kappa shape index (κ3) is 1.12. The highest BCUT2D eigenvalue weighted by atomic mass is 19.1. The maximum absolute atomic E-state index is 12.8. The van der Waals surface area contributed by atoms with Gasteiger partial charge in [0.1, 0.15) is 0 Å². The van der Waals surface area contributed by atoms with Gasteiger partial charge < -0.3 is 10.3 Å². The van der Waals surface area contributed by atoms with Crippen LogP contribution in [0.4, 0.5) is 10.2 Å². The highest BCUT2D eigenvalue weighted by Crippen LogP contribution is 2.02. The minimum Gasteiger partial charge on any atom is -0.370 e. The predicted octanol–water partition coefficient (Wildman–Crippen LogP) is -0.0493. The number of halogens is 1. The van der Waals surface area contributed by atoms with Crippen LogP contribution in [-0.2, 0) is 0 Å². The van der Waals surface area contributed by atoms with Crippen molar-refractivity contribution in [1.29, 1.82) is 0 Å². The summed E-state index contributed by atoms with van der Waals surface area (Å²) >= 11 is 0. The number of H-pyrrole nitrogens is 1. The van der Waals surface area contributed by atoms with Gasteiger partial charge in [0, 0.05) is 17.3 Å². The fourth-order valence-electron chi connectivity index (χ4n) is 0.468. The second kappa shape index (κ2) is 2.47. The molecule has 0 saturated carbocycles. The number of hydrogen-bond donors (Lipinski definition) is 2. The monoisotopic (exact) mass is 146 g/mol. The maximum Gasteiger partial charge on any atom is 0.347 e. The minimum absolute atomic E-state index is 0.580. The van der Waals surface area contributed by atoms with Gasteiger partial charge in [-0.1, -0.05) is 0 Å². The van der Waals surface area contributed by atoms with Crippen LogP contribution >= 0.6 is 0 Å². The van der Waals surface area contributed by atoms with Crippen molar-refractivity contribution >= 4 is 5.82 Å². The second-order valence-corrected chi connectivity index (χ2v) is 1.53. The van der Waals surface area contributed by atoms with E-state index in [1.54, 1.807) is 5.32 Å². The van der Waals surface area contributed by atoms with E-state index in [1.807, 2.05) is 4.98 Å². The number of nitrogens with zero attached hydrogens (tertiary/aromatic N) is 1. The van der Waals surface area contributed by atoms with Gasteiger partial charge >= 0.3 is 5.69 Å². The summed E-state index contributed by atoms with van der Waals surface area (Å²) in [4.78, 5) is 15.6. The molecule has 10 heavy (non-hydrogen) atoms. The van der Waals surface area contributed by atoms with Crippen LogP contribution in [0.25, 0.3) is 0 Å². The molecule has 1 aromatic heterocycles. The first-order valence-electron chi connectivity index (χ1n) is 3.92. The summed E-state index contributed by atoms with van der Waals surface area (Å²) in [5, 5.41) is 1.78. The van der Waals surface area contributed by atoms with E-state index in [1.165, 1.54) is 0 Å². The molecule has 0 atom stereocenters. The molecule has 0 spiro atoms. The van der Waals surface area contributed by atoms with Gasteiger partial charge in [0.2, 0.25) is 0 Å². The summed E-state index contributed by atoms with van der Waals surface area (Å²) in [6, 6.07) is 0. The molecular formula is C5H6FN3O. The van der Waals surface area contributed by atoms with Gasteiger partial charge in [-0.2, -0.15) is 4.98 Å². The lowest BCUT2D eigenvalue weighted by atomic mass is 10.5. The summed E-state index contributed by atoms with van der Waals surface area (Å²) < 4.78 is 33.0. The fraction of sp³-hybridized carbons (Fsp3) is 0.200. The number of aromatic amines is 1. The van der Waals surface area contributed by atoms with Crippen LogP contribution in [0, 0.1) is 5.82 Å². The van der Waals surface area contributed by atoms with Crippen molar-refractivity contribution < 1.29 is 8.50 Å². The van der Waals surface area contributed by atoms with E-state index in [9.17, 15) is 9.18 Å². The van der Waals surface area contributed by atoms with Crippen molar-refractivity contribution in [3.63, 3.8) is 0 Å². The largest absolute Gasteiger partial charge is 0.370 e. The van der Waals surface area contributed by atoms with Crippen molar-refractivity contribution in [3.8, 4) is 0 Å². The van der Waals surface area contributed by atoms with Gasteiger partial charge in [0.15, 0.2) is 11.6 Å². The Morgan fingerprint density at radius 3 is 3.50 bits per heavy atom. The molecule has 1 rings (SSSR count). The molecule has 0 aliphatic carbocycles. The molecule has 0 aliphatic heterocycles. The van der Waals surface area contributed by atoms with Crippen molar-refractivity contribution in [1.82, 2.24) is 9.97 Å². The summed E-state index contributed by atoms with van der Waals surface area (Å²) in [7, 11) is 0. The van der Waals surface area contributed by atoms with Crippen LogP contribution in [0.1, 0.15) is 4.11 Å². The standard InChI is InChI=1S/C5H6FN3O/c1-7-4-3(6)2-8-5(10)9-4/h2H,1H3,(H2,7,8,9,10)/i1D3. The number of hydrogen-bond acceptors (Lipinski definition) is 3. The van der Waals surface area contributed by atoms with E-state index >= 15 is 0 Å². The van der Waals surface area contributed by atoms with Gasteiger partial charge in [-0.05, 0) is 0 Å².